The summed E-state index contributed by atoms with van der Waals surface area (Å²) in [6.45, 7) is 7.30. The highest BCUT2D eigenvalue weighted by molar-refractivity contribution is 6.30. The molecule has 1 fully saturated rings. The molecule has 2 atom stereocenters. The van der Waals surface area contributed by atoms with Gasteiger partial charge in [0, 0.05) is 54.7 Å². The number of carboxylic acid groups (broad SMARTS) is 1. The number of piperazine rings is 1. The van der Waals surface area contributed by atoms with Gasteiger partial charge >= 0.3 is 5.97 Å². The molecule has 0 bridgehead atoms. The molecule has 0 unspecified atom stereocenters. The normalized spacial score (nSPS) is 18.6. The number of hydrogen-bond acceptors (Lipinski definition) is 6. The Kier molecular flexibility index (Phi) is 7.65. The van der Waals surface area contributed by atoms with Crippen LogP contribution in [0, 0.1) is 0 Å². The van der Waals surface area contributed by atoms with Gasteiger partial charge in [-0.25, -0.2) is 9.97 Å². The molecule has 1 N–H and O–H groups in total. The van der Waals surface area contributed by atoms with Crippen LogP contribution >= 0.6 is 11.6 Å². The minimum atomic E-state index is -0.896. The van der Waals surface area contributed by atoms with Crippen LogP contribution in [0.25, 0.3) is 11.1 Å². The molecule has 1 aliphatic rings. The van der Waals surface area contributed by atoms with Crippen LogP contribution in [-0.4, -0.2) is 64.3 Å². The fraction of sp³-hybridized carbons (Fsp3) is 0.346. The van der Waals surface area contributed by atoms with Gasteiger partial charge in [-0.2, -0.15) is 0 Å². The fourth-order valence-electron chi connectivity index (χ4n) is 4.47. The largest absolute Gasteiger partial charge is 0.492 e. The molecule has 0 spiro atoms. The van der Waals surface area contributed by atoms with Crippen LogP contribution in [0.3, 0.4) is 0 Å². The van der Waals surface area contributed by atoms with Gasteiger partial charge < -0.3 is 14.7 Å². The van der Waals surface area contributed by atoms with Crippen molar-refractivity contribution in [2.75, 3.05) is 31.1 Å². The number of aliphatic carboxylic acids is 1. The standard InChI is InChI=1S/C26H29ClN4O3/c1-18-16-30(26-28-14-22(15-29-26)21-6-4-3-5-7-21)17-19(2)31(18)8-9-34-24-11-20(12-25(32)33)10-23(27)13-24/h3-7,10-11,13-15,18-19H,8-9,12,16-17H2,1-2H3,(H,32,33)/t18-,19+. The van der Waals surface area contributed by atoms with Gasteiger partial charge in [-0.15, -0.1) is 0 Å². The minimum absolute atomic E-state index is 0.0820. The van der Waals surface area contributed by atoms with Gasteiger partial charge in [0.05, 0.1) is 6.42 Å². The first-order chi connectivity index (χ1) is 16.4. The highest BCUT2D eigenvalue weighted by atomic mass is 35.5. The maximum absolute atomic E-state index is 11.0. The summed E-state index contributed by atoms with van der Waals surface area (Å²) in [6.07, 6.45) is 3.69. The lowest BCUT2D eigenvalue weighted by Gasteiger charge is -2.44. The van der Waals surface area contributed by atoms with Crippen LogP contribution in [0.4, 0.5) is 5.95 Å². The summed E-state index contributed by atoms with van der Waals surface area (Å²) >= 11 is 6.13. The summed E-state index contributed by atoms with van der Waals surface area (Å²) in [5, 5.41) is 9.49. The van der Waals surface area contributed by atoms with Crippen molar-refractivity contribution in [3.63, 3.8) is 0 Å². The fourth-order valence-corrected chi connectivity index (χ4v) is 4.72. The van der Waals surface area contributed by atoms with E-state index in [-0.39, 0.29) is 6.42 Å². The predicted octanol–water partition coefficient (Wildman–Crippen LogP) is 4.40. The predicted molar refractivity (Wildman–Crippen MR) is 134 cm³/mol. The van der Waals surface area contributed by atoms with Crippen molar-refractivity contribution >= 4 is 23.5 Å². The third-order valence-corrected chi connectivity index (χ3v) is 6.25. The van der Waals surface area contributed by atoms with E-state index in [4.69, 9.17) is 21.4 Å². The Bertz CT molecular complexity index is 1100. The highest BCUT2D eigenvalue weighted by Gasteiger charge is 2.30. The molecule has 0 radical (unpaired) electrons. The number of carboxylic acids is 1. The van der Waals surface area contributed by atoms with E-state index in [0.29, 0.717) is 35.0 Å². The van der Waals surface area contributed by atoms with E-state index in [1.54, 1.807) is 18.2 Å². The molecule has 34 heavy (non-hydrogen) atoms. The highest BCUT2D eigenvalue weighted by Crippen LogP contribution is 2.24. The van der Waals surface area contributed by atoms with Crippen molar-refractivity contribution in [1.29, 1.82) is 0 Å². The summed E-state index contributed by atoms with van der Waals surface area (Å²) in [5.74, 6) is 0.446. The van der Waals surface area contributed by atoms with Crippen LogP contribution in [0.1, 0.15) is 19.4 Å². The molecule has 3 aromatic rings. The molecule has 1 aliphatic heterocycles. The van der Waals surface area contributed by atoms with E-state index in [1.165, 1.54) is 0 Å². The molecule has 0 saturated carbocycles. The van der Waals surface area contributed by atoms with E-state index in [9.17, 15) is 4.79 Å². The third-order valence-electron chi connectivity index (χ3n) is 6.03. The van der Waals surface area contributed by atoms with E-state index in [0.717, 1.165) is 36.7 Å². The Hall–Kier alpha value is -3.16. The zero-order valence-corrected chi connectivity index (χ0v) is 20.2. The first-order valence-electron chi connectivity index (χ1n) is 11.4. The molecule has 2 aromatic carbocycles. The topological polar surface area (TPSA) is 78.8 Å². The van der Waals surface area contributed by atoms with Crippen LogP contribution in [0.15, 0.2) is 60.9 Å². The molecule has 1 aromatic heterocycles. The average Bonchev–Trinajstić information content (AvgIpc) is 2.80. The summed E-state index contributed by atoms with van der Waals surface area (Å²) in [6, 6.07) is 15.8. The van der Waals surface area contributed by atoms with E-state index in [1.807, 2.05) is 30.6 Å². The van der Waals surface area contributed by atoms with E-state index < -0.39 is 5.97 Å². The van der Waals surface area contributed by atoms with Gasteiger partial charge in [-0.3, -0.25) is 9.69 Å². The Labute approximate surface area is 205 Å². The Morgan fingerprint density at radius 2 is 1.74 bits per heavy atom. The molecule has 8 heteroatoms. The minimum Gasteiger partial charge on any atom is -0.492 e. The second kappa shape index (κ2) is 10.8. The van der Waals surface area contributed by atoms with Crippen molar-refractivity contribution in [2.24, 2.45) is 0 Å². The molecule has 4 rings (SSSR count). The summed E-state index contributed by atoms with van der Waals surface area (Å²) in [5.41, 5.74) is 2.74. The Morgan fingerprint density at radius 3 is 2.38 bits per heavy atom. The van der Waals surface area contributed by atoms with Crippen molar-refractivity contribution in [3.05, 3.63) is 71.5 Å². The first kappa shape index (κ1) is 24.0. The number of hydrogen-bond donors (Lipinski definition) is 1. The molecule has 1 saturated heterocycles. The van der Waals surface area contributed by atoms with Crippen molar-refractivity contribution in [1.82, 2.24) is 14.9 Å². The summed E-state index contributed by atoms with van der Waals surface area (Å²) in [7, 11) is 0. The second-order valence-electron chi connectivity index (χ2n) is 8.69. The number of carbonyl (C=O) groups is 1. The maximum atomic E-state index is 11.0. The molecule has 7 nitrogen and oxygen atoms in total. The third kappa shape index (κ3) is 6.04. The SMILES string of the molecule is C[C@@H]1CN(c2ncc(-c3ccccc3)cn2)C[C@H](C)N1CCOc1cc(Cl)cc(CC(=O)O)c1. The average molecular weight is 481 g/mol. The summed E-state index contributed by atoms with van der Waals surface area (Å²) < 4.78 is 5.92. The number of aromatic nitrogens is 2. The quantitative estimate of drug-likeness (QED) is 0.511. The number of benzene rings is 2. The van der Waals surface area contributed by atoms with Gasteiger partial charge in [-0.05, 0) is 43.2 Å². The number of halogens is 1. The number of rotatable bonds is 8. The number of ether oxygens (including phenoxy) is 1. The van der Waals surface area contributed by atoms with Gasteiger partial charge in [0.2, 0.25) is 5.95 Å². The Balaban J connectivity index is 1.33. The molecule has 178 valence electrons. The number of nitrogens with zero attached hydrogens (tertiary/aromatic N) is 4. The zero-order valence-electron chi connectivity index (χ0n) is 19.4. The molecule has 2 heterocycles. The van der Waals surface area contributed by atoms with Crippen molar-refractivity contribution in [3.8, 4) is 16.9 Å². The van der Waals surface area contributed by atoms with Crippen molar-refractivity contribution < 1.29 is 14.6 Å². The van der Waals surface area contributed by atoms with E-state index >= 15 is 0 Å². The smallest absolute Gasteiger partial charge is 0.307 e. The lowest BCUT2D eigenvalue weighted by Crippen LogP contribution is -2.58. The molecular formula is C26H29ClN4O3. The van der Waals surface area contributed by atoms with Gasteiger partial charge in [0.1, 0.15) is 12.4 Å². The van der Waals surface area contributed by atoms with Gasteiger partial charge in [0.15, 0.2) is 0 Å². The Morgan fingerprint density at radius 1 is 1.06 bits per heavy atom. The lowest BCUT2D eigenvalue weighted by molar-refractivity contribution is -0.136. The zero-order chi connectivity index (χ0) is 24.1. The van der Waals surface area contributed by atoms with Gasteiger partial charge in [-0.1, -0.05) is 41.9 Å². The maximum Gasteiger partial charge on any atom is 0.307 e. The monoisotopic (exact) mass is 480 g/mol. The van der Waals surface area contributed by atoms with Gasteiger partial charge in [0.25, 0.3) is 0 Å². The van der Waals surface area contributed by atoms with Crippen molar-refractivity contribution in [2.45, 2.75) is 32.4 Å². The molecule has 0 amide bonds. The first-order valence-corrected chi connectivity index (χ1v) is 11.8. The van der Waals surface area contributed by atoms with E-state index in [2.05, 4.69) is 45.7 Å². The lowest BCUT2D eigenvalue weighted by atomic mass is 10.1. The van der Waals surface area contributed by atoms with Crippen LogP contribution in [-0.2, 0) is 11.2 Å². The van der Waals surface area contributed by atoms with Crippen LogP contribution < -0.4 is 9.64 Å². The molecule has 0 aliphatic carbocycles. The number of anilines is 1. The molecular weight excluding hydrogens is 452 g/mol. The second-order valence-corrected chi connectivity index (χ2v) is 9.13. The van der Waals surface area contributed by atoms with Crippen LogP contribution in [0.2, 0.25) is 5.02 Å². The van der Waals surface area contributed by atoms with Crippen LogP contribution in [0.5, 0.6) is 5.75 Å². The summed E-state index contributed by atoms with van der Waals surface area (Å²) in [4.78, 5) is 24.9.